The van der Waals surface area contributed by atoms with Gasteiger partial charge in [0, 0.05) is 12.7 Å². The summed E-state index contributed by atoms with van der Waals surface area (Å²) in [5.41, 5.74) is -0.0610. The van der Waals surface area contributed by atoms with Crippen LogP contribution in [0.15, 0.2) is 10.6 Å². The molecular formula is C9H11NO4. The summed E-state index contributed by atoms with van der Waals surface area (Å²) in [4.78, 5) is 10.5. The first-order chi connectivity index (χ1) is 6.77. The van der Waals surface area contributed by atoms with E-state index in [0.717, 1.165) is 19.3 Å². The number of ether oxygens (including phenoxy) is 1. The van der Waals surface area contributed by atoms with Crippen molar-refractivity contribution in [3.8, 4) is 0 Å². The average molecular weight is 197 g/mol. The molecule has 14 heavy (non-hydrogen) atoms. The van der Waals surface area contributed by atoms with Gasteiger partial charge in [0.2, 0.25) is 0 Å². The molecule has 0 spiro atoms. The largest absolute Gasteiger partial charge is 0.476 e. The molecule has 0 radical (unpaired) electrons. The summed E-state index contributed by atoms with van der Waals surface area (Å²) in [5.74, 6) is -0.557. The van der Waals surface area contributed by atoms with Crippen molar-refractivity contribution < 1.29 is 19.2 Å². The van der Waals surface area contributed by atoms with E-state index >= 15 is 0 Å². The fourth-order valence-corrected chi connectivity index (χ4v) is 1.51. The fraction of sp³-hybridized carbons (Fsp3) is 0.556. The van der Waals surface area contributed by atoms with Crippen LogP contribution in [-0.4, -0.2) is 22.8 Å². The van der Waals surface area contributed by atoms with Gasteiger partial charge in [-0.05, 0) is 19.3 Å². The van der Waals surface area contributed by atoms with Gasteiger partial charge in [-0.25, -0.2) is 4.79 Å². The van der Waals surface area contributed by atoms with Crippen molar-refractivity contribution in [2.24, 2.45) is 0 Å². The molecule has 1 N–H and O–H groups in total. The molecule has 0 aromatic carbocycles. The number of hydrogen-bond donors (Lipinski definition) is 1. The predicted octanol–water partition coefficient (Wildman–Crippen LogP) is 1.61. The van der Waals surface area contributed by atoms with Gasteiger partial charge in [-0.2, -0.15) is 0 Å². The van der Waals surface area contributed by atoms with Gasteiger partial charge in [-0.3, -0.25) is 0 Å². The number of carboxylic acids is 1. The first kappa shape index (κ1) is 9.21. The zero-order chi connectivity index (χ0) is 9.97. The van der Waals surface area contributed by atoms with Crippen LogP contribution in [0.2, 0.25) is 0 Å². The van der Waals surface area contributed by atoms with Gasteiger partial charge in [0.05, 0.1) is 0 Å². The van der Waals surface area contributed by atoms with E-state index in [1.165, 1.54) is 6.07 Å². The lowest BCUT2D eigenvalue weighted by molar-refractivity contribution is -0.00140. The van der Waals surface area contributed by atoms with Gasteiger partial charge in [-0.1, -0.05) is 5.16 Å². The topological polar surface area (TPSA) is 72.6 Å². The Kier molecular flexibility index (Phi) is 2.49. The highest BCUT2D eigenvalue weighted by molar-refractivity contribution is 5.85. The van der Waals surface area contributed by atoms with E-state index in [9.17, 15) is 4.79 Å². The van der Waals surface area contributed by atoms with Crippen LogP contribution in [0.4, 0.5) is 0 Å². The number of hydrogen-bond acceptors (Lipinski definition) is 4. The van der Waals surface area contributed by atoms with Crippen LogP contribution in [-0.2, 0) is 4.74 Å². The van der Waals surface area contributed by atoms with Crippen LogP contribution in [0.1, 0.15) is 41.6 Å². The number of carbonyl (C=O) groups is 1. The lowest BCUT2D eigenvalue weighted by atomic mass is 10.1. The molecule has 2 heterocycles. The monoisotopic (exact) mass is 197 g/mol. The standard InChI is InChI=1S/C9H11NO4/c11-9(12)6-5-8(14-10-6)7-3-1-2-4-13-7/h5,7H,1-4H2,(H,11,12). The van der Waals surface area contributed by atoms with Gasteiger partial charge in [-0.15, -0.1) is 0 Å². The van der Waals surface area contributed by atoms with Gasteiger partial charge < -0.3 is 14.4 Å². The van der Waals surface area contributed by atoms with Crippen LogP contribution in [0.3, 0.4) is 0 Å². The van der Waals surface area contributed by atoms with E-state index in [-0.39, 0.29) is 11.8 Å². The molecule has 0 bridgehead atoms. The molecule has 5 nitrogen and oxygen atoms in total. The molecular weight excluding hydrogens is 186 g/mol. The van der Waals surface area contributed by atoms with E-state index in [2.05, 4.69) is 5.16 Å². The second kappa shape index (κ2) is 3.79. The summed E-state index contributed by atoms with van der Waals surface area (Å²) >= 11 is 0. The van der Waals surface area contributed by atoms with E-state index in [1.54, 1.807) is 0 Å². The Hall–Kier alpha value is -1.36. The number of rotatable bonds is 2. The van der Waals surface area contributed by atoms with E-state index < -0.39 is 5.97 Å². The SMILES string of the molecule is O=C(O)c1cc(C2CCCCO2)on1. The van der Waals surface area contributed by atoms with Crippen molar-refractivity contribution in [1.82, 2.24) is 5.16 Å². The van der Waals surface area contributed by atoms with Crippen LogP contribution in [0, 0.1) is 0 Å². The number of aromatic carboxylic acids is 1. The van der Waals surface area contributed by atoms with E-state index in [4.69, 9.17) is 14.4 Å². The average Bonchev–Trinajstić information content (AvgIpc) is 2.68. The van der Waals surface area contributed by atoms with Crippen LogP contribution in [0.5, 0.6) is 0 Å². The molecule has 1 fully saturated rings. The van der Waals surface area contributed by atoms with Crippen molar-refractivity contribution >= 4 is 5.97 Å². The molecule has 1 unspecified atom stereocenters. The summed E-state index contributed by atoms with van der Waals surface area (Å²) in [6.45, 7) is 0.702. The van der Waals surface area contributed by atoms with Gasteiger partial charge in [0.1, 0.15) is 6.10 Å². The summed E-state index contributed by atoms with van der Waals surface area (Å²) < 4.78 is 10.3. The van der Waals surface area contributed by atoms with Gasteiger partial charge in [0.15, 0.2) is 11.5 Å². The van der Waals surface area contributed by atoms with Crippen molar-refractivity contribution in [3.05, 3.63) is 17.5 Å². The number of nitrogens with zero attached hydrogens (tertiary/aromatic N) is 1. The van der Waals surface area contributed by atoms with E-state index in [0.29, 0.717) is 12.4 Å². The first-order valence-corrected chi connectivity index (χ1v) is 4.59. The summed E-state index contributed by atoms with van der Waals surface area (Å²) in [5, 5.41) is 12.1. The molecule has 1 aromatic rings. The molecule has 5 heteroatoms. The molecule has 1 aromatic heterocycles. The summed E-state index contributed by atoms with van der Waals surface area (Å²) in [6.07, 6.45) is 2.88. The molecule has 0 aliphatic carbocycles. The normalized spacial score (nSPS) is 22.1. The molecule has 1 saturated heterocycles. The third-order valence-electron chi connectivity index (χ3n) is 2.24. The van der Waals surface area contributed by atoms with Crippen molar-refractivity contribution in [3.63, 3.8) is 0 Å². The molecule has 2 rings (SSSR count). The Morgan fingerprint density at radius 1 is 1.57 bits per heavy atom. The molecule has 0 saturated carbocycles. The third-order valence-corrected chi connectivity index (χ3v) is 2.24. The Morgan fingerprint density at radius 2 is 2.43 bits per heavy atom. The summed E-state index contributed by atoms with van der Waals surface area (Å²) in [6, 6.07) is 1.43. The molecule has 1 aliphatic heterocycles. The van der Waals surface area contributed by atoms with Crippen molar-refractivity contribution in [2.75, 3.05) is 6.61 Å². The van der Waals surface area contributed by atoms with E-state index in [1.807, 2.05) is 0 Å². The van der Waals surface area contributed by atoms with Gasteiger partial charge in [0.25, 0.3) is 0 Å². The van der Waals surface area contributed by atoms with Crippen molar-refractivity contribution in [2.45, 2.75) is 25.4 Å². The highest BCUT2D eigenvalue weighted by atomic mass is 16.5. The Labute approximate surface area is 80.6 Å². The highest BCUT2D eigenvalue weighted by Gasteiger charge is 2.22. The van der Waals surface area contributed by atoms with Gasteiger partial charge >= 0.3 is 5.97 Å². The minimum Gasteiger partial charge on any atom is -0.476 e. The second-order valence-electron chi connectivity index (χ2n) is 3.27. The Balaban J connectivity index is 2.11. The van der Waals surface area contributed by atoms with Crippen LogP contribution in [0.25, 0.3) is 0 Å². The highest BCUT2D eigenvalue weighted by Crippen LogP contribution is 2.27. The minimum absolute atomic E-state index is 0.0610. The van der Waals surface area contributed by atoms with Crippen molar-refractivity contribution in [1.29, 1.82) is 0 Å². The summed E-state index contributed by atoms with van der Waals surface area (Å²) in [7, 11) is 0. The van der Waals surface area contributed by atoms with Crippen LogP contribution < -0.4 is 0 Å². The number of carboxylic acid groups (broad SMARTS) is 1. The predicted molar refractivity (Wildman–Crippen MR) is 46.0 cm³/mol. The maximum absolute atomic E-state index is 10.5. The fourth-order valence-electron chi connectivity index (χ4n) is 1.51. The molecule has 1 aliphatic rings. The Morgan fingerprint density at radius 3 is 3.00 bits per heavy atom. The quantitative estimate of drug-likeness (QED) is 0.779. The second-order valence-corrected chi connectivity index (χ2v) is 3.27. The maximum atomic E-state index is 10.5. The molecule has 0 amide bonds. The molecule has 1 atom stereocenters. The zero-order valence-electron chi connectivity index (χ0n) is 7.60. The zero-order valence-corrected chi connectivity index (χ0v) is 7.60. The molecule has 76 valence electrons. The lowest BCUT2D eigenvalue weighted by Gasteiger charge is -2.19. The maximum Gasteiger partial charge on any atom is 0.358 e. The number of aromatic nitrogens is 1. The minimum atomic E-state index is -1.07. The van der Waals surface area contributed by atoms with Crippen LogP contribution >= 0.6 is 0 Å². The Bertz CT molecular complexity index is 327. The smallest absolute Gasteiger partial charge is 0.358 e. The lowest BCUT2D eigenvalue weighted by Crippen LogP contribution is -2.10. The third kappa shape index (κ3) is 1.77. The first-order valence-electron chi connectivity index (χ1n) is 4.59.